The number of benzene rings is 1. The zero-order valence-corrected chi connectivity index (χ0v) is 7.07. The van der Waals surface area contributed by atoms with Gasteiger partial charge in [-0.1, -0.05) is 23.4 Å². The standard InChI is InChI=1S/C9H8N2O2/c1-13-11-8-6-4-2-3-5-7(6)10-9(8)12/h2-5H,1H3,(H,10,11,12). The summed E-state index contributed by atoms with van der Waals surface area (Å²) in [4.78, 5) is 15.9. The van der Waals surface area contributed by atoms with E-state index in [9.17, 15) is 4.79 Å². The molecule has 1 amide bonds. The smallest absolute Gasteiger partial charge is 0.278 e. The number of para-hydroxylation sites is 1. The number of carbonyl (C=O) groups is 1. The summed E-state index contributed by atoms with van der Waals surface area (Å²) in [5.74, 6) is -0.219. The SMILES string of the molecule is CON=C1C(=O)Nc2ccccc21. The van der Waals surface area contributed by atoms with E-state index < -0.39 is 0 Å². The van der Waals surface area contributed by atoms with Gasteiger partial charge in [0.1, 0.15) is 7.11 Å². The molecule has 0 atom stereocenters. The number of hydrogen-bond donors (Lipinski definition) is 1. The molecule has 66 valence electrons. The molecule has 1 heterocycles. The van der Waals surface area contributed by atoms with Crippen molar-refractivity contribution in [3.63, 3.8) is 0 Å². The average molecular weight is 176 g/mol. The highest BCUT2D eigenvalue weighted by atomic mass is 16.6. The Balaban J connectivity index is 2.53. The molecule has 1 aromatic carbocycles. The zero-order chi connectivity index (χ0) is 9.26. The van der Waals surface area contributed by atoms with Crippen molar-refractivity contribution in [2.24, 2.45) is 5.16 Å². The van der Waals surface area contributed by atoms with E-state index in [0.29, 0.717) is 5.71 Å². The van der Waals surface area contributed by atoms with Gasteiger partial charge in [-0.2, -0.15) is 0 Å². The minimum Gasteiger partial charge on any atom is -0.398 e. The van der Waals surface area contributed by atoms with Crippen molar-refractivity contribution in [2.75, 3.05) is 12.4 Å². The fraction of sp³-hybridized carbons (Fsp3) is 0.111. The van der Waals surface area contributed by atoms with Crippen molar-refractivity contribution in [1.29, 1.82) is 0 Å². The Morgan fingerprint density at radius 3 is 2.92 bits per heavy atom. The Kier molecular flexibility index (Phi) is 1.73. The van der Waals surface area contributed by atoms with Crippen LogP contribution in [0.4, 0.5) is 5.69 Å². The van der Waals surface area contributed by atoms with Gasteiger partial charge in [-0.05, 0) is 6.07 Å². The van der Waals surface area contributed by atoms with Gasteiger partial charge in [0.15, 0.2) is 5.71 Å². The van der Waals surface area contributed by atoms with Crippen molar-refractivity contribution in [3.05, 3.63) is 29.8 Å². The molecule has 1 aliphatic rings. The first-order chi connectivity index (χ1) is 6.33. The summed E-state index contributed by atoms with van der Waals surface area (Å²) in [6.45, 7) is 0. The molecular weight excluding hydrogens is 168 g/mol. The predicted octanol–water partition coefficient (Wildman–Crippen LogP) is 0.989. The summed E-state index contributed by atoms with van der Waals surface area (Å²) in [7, 11) is 1.42. The lowest BCUT2D eigenvalue weighted by molar-refractivity contribution is -0.110. The van der Waals surface area contributed by atoms with Crippen molar-refractivity contribution < 1.29 is 9.63 Å². The largest absolute Gasteiger partial charge is 0.398 e. The fourth-order valence-corrected chi connectivity index (χ4v) is 1.28. The quantitative estimate of drug-likeness (QED) is 0.648. The van der Waals surface area contributed by atoms with E-state index in [1.54, 1.807) is 0 Å². The van der Waals surface area contributed by atoms with Gasteiger partial charge in [0.25, 0.3) is 5.91 Å². The van der Waals surface area contributed by atoms with Gasteiger partial charge in [-0.25, -0.2) is 0 Å². The van der Waals surface area contributed by atoms with Gasteiger partial charge in [0.2, 0.25) is 0 Å². The molecular formula is C9H8N2O2. The summed E-state index contributed by atoms with van der Waals surface area (Å²) in [6.07, 6.45) is 0. The number of amides is 1. The van der Waals surface area contributed by atoms with Gasteiger partial charge in [0, 0.05) is 5.56 Å². The molecule has 13 heavy (non-hydrogen) atoms. The lowest BCUT2D eigenvalue weighted by atomic mass is 10.1. The Hall–Kier alpha value is -1.84. The molecule has 0 bridgehead atoms. The molecule has 0 saturated carbocycles. The molecule has 0 saturated heterocycles. The van der Waals surface area contributed by atoms with E-state index in [-0.39, 0.29) is 5.91 Å². The number of nitrogens with one attached hydrogen (secondary N) is 1. The first-order valence-corrected chi connectivity index (χ1v) is 3.85. The molecule has 4 heteroatoms. The molecule has 1 aromatic rings. The van der Waals surface area contributed by atoms with E-state index in [4.69, 9.17) is 0 Å². The lowest BCUT2D eigenvalue weighted by Crippen LogP contribution is -2.14. The molecule has 0 unspecified atom stereocenters. The fourth-order valence-electron chi connectivity index (χ4n) is 1.28. The lowest BCUT2D eigenvalue weighted by Gasteiger charge is -1.94. The third-order valence-corrected chi connectivity index (χ3v) is 1.83. The third-order valence-electron chi connectivity index (χ3n) is 1.83. The van der Waals surface area contributed by atoms with Gasteiger partial charge < -0.3 is 10.2 Å². The number of carbonyl (C=O) groups excluding carboxylic acids is 1. The molecule has 1 N–H and O–H groups in total. The topological polar surface area (TPSA) is 50.7 Å². The molecule has 2 rings (SSSR count). The summed E-state index contributed by atoms with van der Waals surface area (Å²) in [6, 6.07) is 7.36. The van der Waals surface area contributed by atoms with Crippen LogP contribution in [0.2, 0.25) is 0 Å². The van der Waals surface area contributed by atoms with Crippen molar-refractivity contribution in [3.8, 4) is 0 Å². The van der Waals surface area contributed by atoms with Crippen LogP contribution in [0.1, 0.15) is 5.56 Å². The Bertz CT molecular complexity index is 385. The summed E-state index contributed by atoms with van der Waals surface area (Å²) in [5, 5.41) is 6.33. The number of anilines is 1. The molecule has 1 aliphatic heterocycles. The van der Waals surface area contributed by atoms with Crippen LogP contribution in [0.25, 0.3) is 0 Å². The normalized spacial score (nSPS) is 17.0. The Morgan fingerprint density at radius 1 is 1.38 bits per heavy atom. The number of nitrogens with zero attached hydrogens (tertiary/aromatic N) is 1. The summed E-state index contributed by atoms with van der Waals surface area (Å²) in [5.41, 5.74) is 1.90. The summed E-state index contributed by atoms with van der Waals surface area (Å²) < 4.78 is 0. The highest BCUT2D eigenvalue weighted by Crippen LogP contribution is 2.22. The predicted molar refractivity (Wildman–Crippen MR) is 48.6 cm³/mol. The van der Waals surface area contributed by atoms with Gasteiger partial charge in [-0.15, -0.1) is 0 Å². The molecule has 0 spiro atoms. The number of oxime groups is 1. The maximum atomic E-state index is 11.3. The van der Waals surface area contributed by atoms with Crippen LogP contribution in [-0.2, 0) is 9.63 Å². The highest BCUT2D eigenvalue weighted by Gasteiger charge is 2.25. The van der Waals surface area contributed by atoms with Gasteiger partial charge in [0.05, 0.1) is 5.69 Å². The first-order valence-electron chi connectivity index (χ1n) is 3.85. The maximum Gasteiger partial charge on any atom is 0.278 e. The maximum absolute atomic E-state index is 11.3. The monoisotopic (exact) mass is 176 g/mol. The van der Waals surface area contributed by atoms with Crippen LogP contribution in [0.5, 0.6) is 0 Å². The molecule has 0 fully saturated rings. The van der Waals surface area contributed by atoms with E-state index >= 15 is 0 Å². The van der Waals surface area contributed by atoms with Crippen LogP contribution in [0.3, 0.4) is 0 Å². The zero-order valence-electron chi connectivity index (χ0n) is 7.07. The molecule has 4 nitrogen and oxygen atoms in total. The third kappa shape index (κ3) is 1.16. The first kappa shape index (κ1) is 7.79. The second kappa shape index (κ2) is 2.90. The van der Waals surface area contributed by atoms with Gasteiger partial charge in [-0.3, -0.25) is 4.79 Å². The molecule has 0 aromatic heterocycles. The van der Waals surface area contributed by atoms with Crippen molar-refractivity contribution in [1.82, 2.24) is 0 Å². The van der Waals surface area contributed by atoms with Crippen molar-refractivity contribution >= 4 is 17.3 Å². The van der Waals surface area contributed by atoms with Crippen LogP contribution < -0.4 is 5.32 Å². The van der Waals surface area contributed by atoms with Crippen LogP contribution in [0.15, 0.2) is 29.4 Å². The van der Waals surface area contributed by atoms with E-state index in [1.807, 2.05) is 24.3 Å². The van der Waals surface area contributed by atoms with E-state index in [0.717, 1.165) is 11.3 Å². The van der Waals surface area contributed by atoms with Crippen LogP contribution in [0, 0.1) is 0 Å². The minimum atomic E-state index is -0.219. The number of rotatable bonds is 1. The number of fused-ring (bicyclic) bond motifs is 1. The average Bonchev–Trinajstić information content (AvgIpc) is 2.44. The van der Waals surface area contributed by atoms with Gasteiger partial charge >= 0.3 is 0 Å². The molecule has 0 radical (unpaired) electrons. The minimum absolute atomic E-state index is 0.219. The number of hydrogen-bond acceptors (Lipinski definition) is 3. The van der Waals surface area contributed by atoms with E-state index in [1.165, 1.54) is 7.11 Å². The molecule has 0 aliphatic carbocycles. The Morgan fingerprint density at radius 2 is 2.15 bits per heavy atom. The van der Waals surface area contributed by atoms with Crippen LogP contribution in [-0.4, -0.2) is 18.7 Å². The second-order valence-corrected chi connectivity index (χ2v) is 2.62. The van der Waals surface area contributed by atoms with E-state index in [2.05, 4.69) is 15.3 Å². The van der Waals surface area contributed by atoms with Crippen molar-refractivity contribution in [2.45, 2.75) is 0 Å². The summed E-state index contributed by atoms with van der Waals surface area (Å²) >= 11 is 0. The highest BCUT2D eigenvalue weighted by molar-refractivity contribution is 6.53. The second-order valence-electron chi connectivity index (χ2n) is 2.62. The Labute approximate surface area is 75.2 Å². The van der Waals surface area contributed by atoms with Crippen LogP contribution >= 0.6 is 0 Å².